The number of aromatic nitrogens is 2. The van der Waals surface area contributed by atoms with Gasteiger partial charge in [0.05, 0.1) is 13.2 Å². The Bertz CT molecular complexity index is 441. The maximum atomic E-state index is 5.68. The van der Waals surface area contributed by atoms with E-state index in [-0.39, 0.29) is 5.79 Å². The molecule has 2 aliphatic rings. The van der Waals surface area contributed by atoms with Gasteiger partial charge in [-0.1, -0.05) is 11.7 Å². The van der Waals surface area contributed by atoms with Gasteiger partial charge in [-0.15, -0.1) is 0 Å². The van der Waals surface area contributed by atoms with E-state index >= 15 is 0 Å². The van der Waals surface area contributed by atoms with Crippen LogP contribution in [-0.2, 0) is 9.47 Å². The Balaban J connectivity index is 1.66. The zero-order valence-corrected chi connectivity index (χ0v) is 10.5. The van der Waals surface area contributed by atoms with Gasteiger partial charge in [-0.05, 0) is 12.5 Å². The number of hydrogen-bond acceptors (Lipinski definition) is 6. The Morgan fingerprint density at radius 2 is 1.94 bits per heavy atom. The summed E-state index contributed by atoms with van der Waals surface area (Å²) in [4.78, 5) is 6.38. The lowest BCUT2D eigenvalue weighted by atomic mass is 10.0. The lowest BCUT2D eigenvalue weighted by Gasteiger charge is -2.36. The molecular formula is C12H17N3O3. The van der Waals surface area contributed by atoms with Gasteiger partial charge in [0.15, 0.2) is 11.6 Å². The first-order chi connectivity index (χ1) is 8.69. The van der Waals surface area contributed by atoms with Gasteiger partial charge in [0.2, 0.25) is 0 Å². The van der Waals surface area contributed by atoms with E-state index in [0.29, 0.717) is 25.1 Å². The number of allylic oxidation sites excluding steroid dienone is 1. The summed E-state index contributed by atoms with van der Waals surface area (Å²) in [7, 11) is 0. The van der Waals surface area contributed by atoms with Crippen LogP contribution in [0, 0.1) is 0 Å². The second kappa shape index (κ2) is 4.37. The molecule has 0 aliphatic carbocycles. The summed E-state index contributed by atoms with van der Waals surface area (Å²) >= 11 is 0. The van der Waals surface area contributed by atoms with Crippen molar-refractivity contribution in [2.45, 2.75) is 25.6 Å². The third-order valence-electron chi connectivity index (χ3n) is 3.41. The second-order valence-electron chi connectivity index (χ2n) is 4.78. The molecule has 3 heterocycles. The molecule has 1 aromatic rings. The highest BCUT2D eigenvalue weighted by Crippen LogP contribution is 2.32. The van der Waals surface area contributed by atoms with E-state index in [1.807, 2.05) is 6.92 Å². The van der Waals surface area contributed by atoms with Crippen molar-refractivity contribution in [2.75, 3.05) is 31.2 Å². The topological polar surface area (TPSA) is 60.6 Å². The third kappa shape index (κ3) is 2.02. The van der Waals surface area contributed by atoms with Gasteiger partial charge in [-0.2, -0.15) is 4.98 Å². The van der Waals surface area contributed by atoms with Gasteiger partial charge in [0, 0.05) is 25.9 Å². The lowest BCUT2D eigenvalue weighted by Crippen LogP contribution is -2.45. The van der Waals surface area contributed by atoms with Crippen LogP contribution in [0.15, 0.2) is 11.1 Å². The molecule has 0 amide bonds. The summed E-state index contributed by atoms with van der Waals surface area (Å²) in [5.74, 6) is 0.201. The fourth-order valence-corrected chi connectivity index (χ4v) is 2.34. The molecule has 3 rings (SSSR count). The Hall–Kier alpha value is -1.40. The maximum Gasteiger partial charge on any atom is 0.324 e. The van der Waals surface area contributed by atoms with Crippen molar-refractivity contribution in [2.24, 2.45) is 0 Å². The molecule has 0 saturated carbocycles. The van der Waals surface area contributed by atoms with Crippen molar-refractivity contribution in [1.29, 1.82) is 0 Å². The normalized spacial score (nSPS) is 22.6. The fourth-order valence-electron chi connectivity index (χ4n) is 2.34. The van der Waals surface area contributed by atoms with Gasteiger partial charge in [0.1, 0.15) is 0 Å². The highest BCUT2D eigenvalue weighted by Gasteiger charge is 2.40. The predicted octanol–water partition coefficient (Wildman–Crippen LogP) is 1.45. The zero-order valence-electron chi connectivity index (χ0n) is 10.5. The molecule has 1 aromatic heterocycles. The number of anilines is 1. The molecule has 2 fully saturated rings. The SMILES string of the molecule is C=C(C)c1noc(N2CCC3(CC2)OCCO3)n1. The van der Waals surface area contributed by atoms with Crippen LogP contribution < -0.4 is 4.90 Å². The molecule has 6 heteroatoms. The van der Waals surface area contributed by atoms with Crippen LogP contribution in [0.25, 0.3) is 5.57 Å². The molecule has 2 saturated heterocycles. The van der Waals surface area contributed by atoms with Crippen LogP contribution in [0.2, 0.25) is 0 Å². The van der Waals surface area contributed by atoms with Crippen molar-refractivity contribution >= 4 is 11.6 Å². The van der Waals surface area contributed by atoms with Gasteiger partial charge >= 0.3 is 6.01 Å². The second-order valence-corrected chi connectivity index (χ2v) is 4.78. The quantitative estimate of drug-likeness (QED) is 0.792. The number of rotatable bonds is 2. The molecule has 0 aromatic carbocycles. The summed E-state index contributed by atoms with van der Waals surface area (Å²) in [6, 6.07) is 0.556. The van der Waals surface area contributed by atoms with Crippen molar-refractivity contribution in [3.63, 3.8) is 0 Å². The molecule has 1 spiro atoms. The standard InChI is InChI=1S/C12H17N3O3/c1-9(2)10-13-11(18-14-10)15-5-3-12(4-6-15)16-7-8-17-12/h1,3-8H2,2H3. The van der Waals surface area contributed by atoms with Crippen molar-refractivity contribution in [3.05, 3.63) is 12.4 Å². The Morgan fingerprint density at radius 3 is 2.50 bits per heavy atom. The minimum Gasteiger partial charge on any atom is -0.347 e. The van der Waals surface area contributed by atoms with Crippen LogP contribution in [0.4, 0.5) is 6.01 Å². The molecule has 0 radical (unpaired) electrons. The van der Waals surface area contributed by atoms with E-state index < -0.39 is 0 Å². The van der Waals surface area contributed by atoms with E-state index in [2.05, 4.69) is 21.6 Å². The summed E-state index contributed by atoms with van der Waals surface area (Å²) in [6.45, 7) is 8.66. The summed E-state index contributed by atoms with van der Waals surface area (Å²) < 4.78 is 16.6. The van der Waals surface area contributed by atoms with Crippen molar-refractivity contribution < 1.29 is 14.0 Å². The fraction of sp³-hybridized carbons (Fsp3) is 0.667. The van der Waals surface area contributed by atoms with Crippen LogP contribution in [0.1, 0.15) is 25.6 Å². The number of nitrogens with zero attached hydrogens (tertiary/aromatic N) is 3. The van der Waals surface area contributed by atoms with E-state index in [1.54, 1.807) is 0 Å². The van der Waals surface area contributed by atoms with Crippen LogP contribution in [-0.4, -0.2) is 42.2 Å². The molecule has 0 unspecified atom stereocenters. The minimum absolute atomic E-state index is 0.367. The van der Waals surface area contributed by atoms with Crippen molar-refractivity contribution in [3.8, 4) is 0 Å². The molecular weight excluding hydrogens is 234 g/mol. The molecule has 0 bridgehead atoms. The Labute approximate surface area is 106 Å². The van der Waals surface area contributed by atoms with Gasteiger partial charge in [0.25, 0.3) is 0 Å². The van der Waals surface area contributed by atoms with Crippen LogP contribution in [0.5, 0.6) is 0 Å². The van der Waals surface area contributed by atoms with E-state index in [9.17, 15) is 0 Å². The first-order valence-corrected chi connectivity index (χ1v) is 6.21. The maximum absolute atomic E-state index is 5.68. The highest BCUT2D eigenvalue weighted by molar-refractivity contribution is 5.54. The summed E-state index contributed by atoms with van der Waals surface area (Å²) in [6.07, 6.45) is 1.66. The smallest absolute Gasteiger partial charge is 0.324 e. The molecule has 2 aliphatic heterocycles. The monoisotopic (exact) mass is 251 g/mol. The van der Waals surface area contributed by atoms with Crippen molar-refractivity contribution in [1.82, 2.24) is 10.1 Å². The summed E-state index contributed by atoms with van der Waals surface area (Å²) in [5, 5.41) is 3.89. The third-order valence-corrected chi connectivity index (χ3v) is 3.41. The predicted molar refractivity (Wildman–Crippen MR) is 65.1 cm³/mol. The highest BCUT2D eigenvalue weighted by atomic mass is 16.7. The molecule has 98 valence electrons. The molecule has 6 nitrogen and oxygen atoms in total. The average molecular weight is 251 g/mol. The Morgan fingerprint density at radius 1 is 1.28 bits per heavy atom. The van der Waals surface area contributed by atoms with E-state index in [1.165, 1.54) is 0 Å². The average Bonchev–Trinajstić information content (AvgIpc) is 3.00. The molecule has 0 N–H and O–H groups in total. The zero-order chi connectivity index (χ0) is 12.6. The molecule has 18 heavy (non-hydrogen) atoms. The first kappa shape index (κ1) is 11.7. The summed E-state index contributed by atoms with van der Waals surface area (Å²) in [5.41, 5.74) is 0.806. The molecule has 0 atom stereocenters. The van der Waals surface area contributed by atoms with Crippen LogP contribution >= 0.6 is 0 Å². The first-order valence-electron chi connectivity index (χ1n) is 6.21. The largest absolute Gasteiger partial charge is 0.347 e. The van der Waals surface area contributed by atoms with Gasteiger partial charge in [-0.3, -0.25) is 0 Å². The Kier molecular flexibility index (Phi) is 2.83. The minimum atomic E-state index is -0.367. The lowest BCUT2D eigenvalue weighted by molar-refractivity contribution is -0.169. The van der Waals surface area contributed by atoms with E-state index in [0.717, 1.165) is 31.5 Å². The number of ether oxygens (including phenoxy) is 2. The number of piperidine rings is 1. The number of hydrogen-bond donors (Lipinski definition) is 0. The van der Waals surface area contributed by atoms with Gasteiger partial charge in [-0.25, -0.2) is 0 Å². The van der Waals surface area contributed by atoms with Crippen LogP contribution in [0.3, 0.4) is 0 Å². The van der Waals surface area contributed by atoms with Gasteiger partial charge < -0.3 is 18.9 Å². The van der Waals surface area contributed by atoms with E-state index in [4.69, 9.17) is 14.0 Å².